The van der Waals surface area contributed by atoms with Crippen molar-refractivity contribution in [2.24, 2.45) is 0 Å². The summed E-state index contributed by atoms with van der Waals surface area (Å²) in [5.41, 5.74) is 8.33. The predicted octanol–water partition coefficient (Wildman–Crippen LogP) is 1.57. The summed E-state index contributed by atoms with van der Waals surface area (Å²) in [6.07, 6.45) is 1.63. The Morgan fingerprint density at radius 3 is 2.52 bits per heavy atom. The van der Waals surface area contributed by atoms with E-state index in [2.05, 4.69) is 16.4 Å². The first-order valence-corrected chi connectivity index (χ1v) is 6.86. The Morgan fingerprint density at radius 2 is 2.00 bits per heavy atom. The Hall–Kier alpha value is -2.01. The van der Waals surface area contributed by atoms with Crippen LogP contribution in [0.15, 0.2) is 24.8 Å². The monoisotopic (exact) mass is 291 g/mol. The molecule has 116 valence electrons. The second-order valence-electron chi connectivity index (χ2n) is 5.29. The molecule has 0 atom stereocenters. The molecule has 0 aromatic heterocycles. The van der Waals surface area contributed by atoms with Crippen LogP contribution in [0.5, 0.6) is 5.75 Å². The standard InChI is InChI=1S/C16H25N3O2/c1-6-13(20)9-12-10-14(17)16(21-5)11-15(12)19(4)8-7-18(2)3/h6,10-11H,1,7-9,17H2,2-5H3. The van der Waals surface area contributed by atoms with E-state index in [-0.39, 0.29) is 5.78 Å². The summed E-state index contributed by atoms with van der Waals surface area (Å²) in [4.78, 5) is 15.9. The van der Waals surface area contributed by atoms with Gasteiger partial charge in [0.25, 0.3) is 0 Å². The van der Waals surface area contributed by atoms with Crippen LogP contribution < -0.4 is 15.4 Å². The maximum Gasteiger partial charge on any atom is 0.159 e. The van der Waals surface area contributed by atoms with Gasteiger partial charge in [-0.05, 0) is 31.8 Å². The first-order valence-electron chi connectivity index (χ1n) is 6.86. The van der Waals surface area contributed by atoms with Crippen LogP contribution in [0.3, 0.4) is 0 Å². The van der Waals surface area contributed by atoms with Gasteiger partial charge in [-0.15, -0.1) is 0 Å². The van der Waals surface area contributed by atoms with Gasteiger partial charge in [-0.1, -0.05) is 6.58 Å². The van der Waals surface area contributed by atoms with Gasteiger partial charge in [0.1, 0.15) is 5.75 Å². The summed E-state index contributed by atoms with van der Waals surface area (Å²) < 4.78 is 5.28. The van der Waals surface area contributed by atoms with E-state index in [9.17, 15) is 4.79 Å². The summed E-state index contributed by atoms with van der Waals surface area (Å²) >= 11 is 0. The van der Waals surface area contributed by atoms with Gasteiger partial charge in [-0.2, -0.15) is 0 Å². The van der Waals surface area contributed by atoms with E-state index in [1.165, 1.54) is 6.08 Å². The molecule has 0 saturated carbocycles. The highest BCUT2D eigenvalue weighted by molar-refractivity contribution is 5.92. The minimum atomic E-state index is -0.0261. The molecule has 1 aromatic rings. The van der Waals surface area contributed by atoms with Crippen LogP contribution in [0.2, 0.25) is 0 Å². The molecule has 2 N–H and O–H groups in total. The Labute approximate surface area is 127 Å². The third kappa shape index (κ3) is 4.79. The van der Waals surface area contributed by atoms with Crippen LogP contribution in [-0.2, 0) is 11.2 Å². The number of carbonyl (C=O) groups excluding carboxylic acids is 1. The fraction of sp³-hybridized carbons (Fsp3) is 0.438. The molecule has 1 aromatic carbocycles. The molecule has 0 aliphatic heterocycles. The van der Waals surface area contributed by atoms with Gasteiger partial charge in [0.2, 0.25) is 0 Å². The molecule has 5 nitrogen and oxygen atoms in total. The van der Waals surface area contributed by atoms with Gasteiger partial charge in [-0.25, -0.2) is 0 Å². The maximum atomic E-state index is 11.7. The number of allylic oxidation sites excluding steroid dienone is 1. The fourth-order valence-electron chi connectivity index (χ4n) is 2.04. The van der Waals surface area contributed by atoms with Crippen molar-refractivity contribution in [1.29, 1.82) is 0 Å². The number of likely N-dealkylation sites (N-methyl/N-ethyl adjacent to an activating group) is 2. The Kier molecular flexibility index (Phi) is 6.24. The predicted molar refractivity (Wildman–Crippen MR) is 88.1 cm³/mol. The highest BCUT2D eigenvalue weighted by atomic mass is 16.5. The number of benzene rings is 1. The van der Waals surface area contributed by atoms with E-state index in [0.717, 1.165) is 24.3 Å². The number of carbonyl (C=O) groups is 1. The van der Waals surface area contributed by atoms with Crippen LogP contribution in [0.25, 0.3) is 0 Å². The van der Waals surface area contributed by atoms with Gasteiger partial charge >= 0.3 is 0 Å². The Balaban J connectivity index is 3.11. The first kappa shape index (κ1) is 17.0. The number of hydrogen-bond donors (Lipinski definition) is 1. The van der Waals surface area contributed by atoms with Gasteiger partial charge in [0.05, 0.1) is 12.8 Å². The number of ether oxygens (including phenoxy) is 1. The molecule has 0 amide bonds. The number of hydrogen-bond acceptors (Lipinski definition) is 5. The van der Waals surface area contributed by atoms with Gasteiger partial charge in [0.15, 0.2) is 5.78 Å². The quantitative estimate of drug-likeness (QED) is 0.582. The highest BCUT2D eigenvalue weighted by Gasteiger charge is 2.14. The molecular formula is C16H25N3O2. The Bertz CT molecular complexity index is 512. The number of anilines is 2. The van der Waals surface area contributed by atoms with E-state index >= 15 is 0 Å². The molecule has 0 aliphatic carbocycles. The van der Waals surface area contributed by atoms with Crippen molar-refractivity contribution in [1.82, 2.24) is 4.90 Å². The first-order chi connectivity index (χ1) is 9.88. The van der Waals surface area contributed by atoms with Gasteiger partial charge in [-0.3, -0.25) is 4.79 Å². The number of rotatable bonds is 8. The molecule has 0 aliphatic rings. The van der Waals surface area contributed by atoms with E-state index in [0.29, 0.717) is 17.9 Å². The molecule has 0 bridgehead atoms. The Morgan fingerprint density at radius 1 is 1.33 bits per heavy atom. The lowest BCUT2D eigenvalue weighted by Crippen LogP contribution is -2.29. The zero-order valence-electron chi connectivity index (χ0n) is 13.3. The zero-order valence-corrected chi connectivity index (χ0v) is 13.3. The number of nitrogens with zero attached hydrogens (tertiary/aromatic N) is 2. The fourth-order valence-corrected chi connectivity index (χ4v) is 2.04. The van der Waals surface area contributed by atoms with Crippen molar-refractivity contribution in [2.45, 2.75) is 6.42 Å². The van der Waals surface area contributed by atoms with E-state index < -0.39 is 0 Å². The molecule has 1 rings (SSSR count). The van der Waals surface area contributed by atoms with E-state index in [1.807, 2.05) is 33.3 Å². The number of nitrogen functional groups attached to an aromatic ring is 1. The van der Waals surface area contributed by atoms with Crippen LogP contribution in [0.1, 0.15) is 5.56 Å². The molecular weight excluding hydrogens is 266 g/mol. The van der Waals surface area contributed by atoms with Crippen molar-refractivity contribution in [3.8, 4) is 5.75 Å². The lowest BCUT2D eigenvalue weighted by molar-refractivity contribution is -0.114. The maximum absolute atomic E-state index is 11.7. The lowest BCUT2D eigenvalue weighted by atomic mass is 10.0. The van der Waals surface area contributed by atoms with Crippen LogP contribution in [0.4, 0.5) is 11.4 Å². The molecule has 0 heterocycles. The number of methoxy groups -OCH3 is 1. The van der Waals surface area contributed by atoms with E-state index in [4.69, 9.17) is 10.5 Å². The summed E-state index contributed by atoms with van der Waals surface area (Å²) in [6, 6.07) is 3.69. The lowest BCUT2D eigenvalue weighted by Gasteiger charge is -2.25. The topological polar surface area (TPSA) is 58.8 Å². The van der Waals surface area contributed by atoms with Crippen molar-refractivity contribution < 1.29 is 9.53 Å². The average Bonchev–Trinajstić information content (AvgIpc) is 2.44. The number of nitrogens with two attached hydrogens (primary N) is 1. The van der Waals surface area contributed by atoms with Crippen molar-refractivity contribution >= 4 is 17.2 Å². The molecule has 21 heavy (non-hydrogen) atoms. The van der Waals surface area contributed by atoms with Crippen LogP contribution in [-0.4, -0.2) is 52.0 Å². The largest absolute Gasteiger partial charge is 0.495 e. The minimum absolute atomic E-state index is 0.0261. The molecule has 0 spiro atoms. The van der Waals surface area contributed by atoms with Gasteiger partial charge in [0, 0.05) is 38.3 Å². The molecule has 0 unspecified atom stereocenters. The van der Waals surface area contributed by atoms with Crippen LogP contribution in [0, 0.1) is 0 Å². The third-order valence-electron chi connectivity index (χ3n) is 3.32. The van der Waals surface area contributed by atoms with Crippen molar-refractivity contribution in [3.05, 3.63) is 30.4 Å². The van der Waals surface area contributed by atoms with Gasteiger partial charge < -0.3 is 20.3 Å². The summed E-state index contributed by atoms with van der Waals surface area (Å²) in [5.74, 6) is 0.596. The van der Waals surface area contributed by atoms with Crippen molar-refractivity contribution in [2.75, 3.05) is 52.0 Å². The SMILES string of the molecule is C=CC(=O)Cc1cc(N)c(OC)cc1N(C)CCN(C)C. The minimum Gasteiger partial charge on any atom is -0.495 e. The van der Waals surface area contributed by atoms with E-state index in [1.54, 1.807) is 7.11 Å². The highest BCUT2D eigenvalue weighted by Crippen LogP contribution is 2.31. The molecule has 0 saturated heterocycles. The third-order valence-corrected chi connectivity index (χ3v) is 3.32. The average molecular weight is 291 g/mol. The second-order valence-corrected chi connectivity index (χ2v) is 5.29. The molecule has 5 heteroatoms. The second kappa shape index (κ2) is 7.69. The summed E-state index contributed by atoms with van der Waals surface area (Å²) in [5, 5.41) is 0. The van der Waals surface area contributed by atoms with Crippen molar-refractivity contribution in [3.63, 3.8) is 0 Å². The van der Waals surface area contributed by atoms with Crippen LogP contribution >= 0.6 is 0 Å². The molecule has 0 fully saturated rings. The zero-order chi connectivity index (χ0) is 16.0. The molecule has 0 radical (unpaired) electrons. The summed E-state index contributed by atoms with van der Waals surface area (Å²) in [6.45, 7) is 5.28. The smallest absolute Gasteiger partial charge is 0.159 e. The normalized spacial score (nSPS) is 10.5. The number of ketones is 1. The summed E-state index contributed by atoms with van der Waals surface area (Å²) in [7, 11) is 7.64.